The van der Waals surface area contributed by atoms with E-state index in [-0.39, 0.29) is 23.8 Å². The van der Waals surface area contributed by atoms with Gasteiger partial charge in [-0.3, -0.25) is 0 Å². The Morgan fingerprint density at radius 3 is 1.86 bits per heavy atom. The second kappa shape index (κ2) is 7.78. The zero-order valence-electron chi connectivity index (χ0n) is 17.1. The van der Waals surface area contributed by atoms with Crippen LogP contribution < -0.4 is 10.6 Å². The van der Waals surface area contributed by atoms with Gasteiger partial charge in [-0.15, -0.1) is 0 Å². The maximum Gasteiger partial charge on any atom is 0.169 e. The molecule has 1 aliphatic carbocycles. The molecule has 2 aromatic carbocycles. The van der Waals surface area contributed by atoms with Crippen molar-refractivity contribution in [3.05, 3.63) is 60.7 Å². The molecule has 4 rings (SSSR count). The predicted octanol–water partition coefficient (Wildman–Crippen LogP) is 5.10. The number of rotatable bonds is 3. The Morgan fingerprint density at radius 2 is 1.36 bits per heavy atom. The van der Waals surface area contributed by atoms with Gasteiger partial charge < -0.3 is 14.0 Å². The average molecular weight is 398 g/mol. The fourth-order valence-corrected chi connectivity index (χ4v) is 8.74. The maximum atomic E-state index is 14.8. The van der Waals surface area contributed by atoms with E-state index < -0.39 is 12.9 Å². The van der Waals surface area contributed by atoms with Crippen LogP contribution in [0, 0.1) is 5.92 Å². The molecule has 0 aromatic heterocycles. The van der Waals surface area contributed by atoms with Crippen LogP contribution in [0.15, 0.2) is 60.7 Å². The van der Waals surface area contributed by atoms with E-state index in [9.17, 15) is 4.57 Å². The molecular weight excluding hydrogens is 367 g/mol. The van der Waals surface area contributed by atoms with Gasteiger partial charge in [-0.05, 0) is 32.6 Å². The van der Waals surface area contributed by atoms with Crippen LogP contribution in [0.25, 0.3) is 0 Å². The molecule has 4 atom stereocenters. The number of hydrogen-bond acceptors (Lipinski definition) is 3. The average Bonchev–Trinajstić information content (AvgIpc) is 2.88. The second-order valence-corrected chi connectivity index (χ2v) is 11.5. The van der Waals surface area contributed by atoms with Gasteiger partial charge in [0, 0.05) is 29.1 Å². The second-order valence-electron chi connectivity index (χ2n) is 8.53. The van der Waals surface area contributed by atoms with Crippen molar-refractivity contribution >= 4 is 17.8 Å². The topological polar surface area (TPSA) is 35.5 Å². The molecule has 3 nitrogen and oxygen atoms in total. The lowest BCUT2D eigenvalue weighted by Gasteiger charge is -2.34. The fraction of sp³-hybridized carbons (Fsp3) is 0.500. The lowest BCUT2D eigenvalue weighted by molar-refractivity contribution is -0.185. The van der Waals surface area contributed by atoms with Crippen molar-refractivity contribution in [2.45, 2.75) is 70.1 Å². The molecular formula is C24H31O3P. The van der Waals surface area contributed by atoms with Crippen molar-refractivity contribution in [2.75, 3.05) is 0 Å². The first-order valence-corrected chi connectivity index (χ1v) is 12.3. The van der Waals surface area contributed by atoms with Gasteiger partial charge in [-0.25, -0.2) is 0 Å². The summed E-state index contributed by atoms with van der Waals surface area (Å²) in [4.78, 5) is 0. The van der Waals surface area contributed by atoms with E-state index in [1.165, 1.54) is 0 Å². The Bertz CT molecular complexity index is 782. The summed E-state index contributed by atoms with van der Waals surface area (Å²) < 4.78 is 27.4. The summed E-state index contributed by atoms with van der Waals surface area (Å²) in [6, 6.07) is 20.1. The number of benzene rings is 2. The zero-order chi connectivity index (χ0) is 19.8. The Balaban J connectivity index is 1.73. The molecule has 0 bridgehead atoms. The third-order valence-corrected chi connectivity index (χ3v) is 10.4. The van der Waals surface area contributed by atoms with Crippen molar-refractivity contribution in [3.8, 4) is 0 Å². The van der Waals surface area contributed by atoms with E-state index in [0.29, 0.717) is 0 Å². The van der Waals surface area contributed by atoms with Crippen molar-refractivity contribution in [3.63, 3.8) is 0 Å². The van der Waals surface area contributed by atoms with Gasteiger partial charge in [0.05, 0.1) is 12.2 Å². The normalized spacial score (nSPS) is 30.2. The van der Waals surface area contributed by atoms with Crippen LogP contribution in [-0.4, -0.2) is 23.7 Å². The van der Waals surface area contributed by atoms with E-state index in [2.05, 4.69) is 20.8 Å². The van der Waals surface area contributed by atoms with Crippen molar-refractivity contribution in [1.29, 1.82) is 0 Å². The Kier molecular flexibility index (Phi) is 5.53. The summed E-state index contributed by atoms with van der Waals surface area (Å²) in [5.41, 5.74) is 0.0927. The minimum absolute atomic E-state index is 0.0927. The summed E-state index contributed by atoms with van der Waals surface area (Å²) in [6.07, 6.45) is 3.80. The van der Waals surface area contributed by atoms with Crippen molar-refractivity contribution in [1.82, 2.24) is 0 Å². The van der Waals surface area contributed by atoms with Gasteiger partial charge in [-0.1, -0.05) is 67.6 Å². The third kappa shape index (κ3) is 3.49. The van der Waals surface area contributed by atoms with Gasteiger partial charge in [0.25, 0.3) is 0 Å². The summed E-state index contributed by atoms with van der Waals surface area (Å²) in [6.45, 7) is 6.41. The van der Waals surface area contributed by atoms with Crippen LogP contribution in [0.4, 0.5) is 0 Å². The Labute approximate surface area is 168 Å². The molecule has 2 fully saturated rings. The zero-order valence-corrected chi connectivity index (χ0v) is 18.0. The van der Waals surface area contributed by atoms with E-state index in [4.69, 9.17) is 9.47 Å². The molecule has 0 radical (unpaired) electrons. The van der Waals surface area contributed by atoms with Crippen LogP contribution in [-0.2, 0) is 14.0 Å². The summed E-state index contributed by atoms with van der Waals surface area (Å²) in [5.74, 6) is -0.267. The third-order valence-electron chi connectivity index (χ3n) is 6.56. The smallest absolute Gasteiger partial charge is 0.169 e. The van der Waals surface area contributed by atoms with E-state index in [0.717, 1.165) is 36.3 Å². The standard InChI is InChI=1S/C24H31O3P/c1-18-17-24(26-19(2)20(3)27-24)16-10-15-23(18)28(25,21-11-6-4-7-12-21)22-13-8-5-9-14-22/h4-9,11-14,18-20,23H,10,15-17H2,1-3H3/t18-,19-,20-,23-/m1/s1. The first-order chi connectivity index (χ1) is 13.4. The highest BCUT2D eigenvalue weighted by molar-refractivity contribution is 7.79. The number of hydrogen-bond donors (Lipinski definition) is 0. The monoisotopic (exact) mass is 398 g/mol. The van der Waals surface area contributed by atoms with E-state index >= 15 is 0 Å². The van der Waals surface area contributed by atoms with Gasteiger partial charge >= 0.3 is 0 Å². The molecule has 2 aliphatic rings. The highest BCUT2D eigenvalue weighted by Crippen LogP contribution is 2.57. The largest absolute Gasteiger partial charge is 0.344 e. The van der Waals surface area contributed by atoms with Crippen LogP contribution in [0.3, 0.4) is 0 Å². The highest BCUT2D eigenvalue weighted by Gasteiger charge is 2.50. The van der Waals surface area contributed by atoms with E-state index in [1.807, 2.05) is 60.7 Å². The fourth-order valence-electron chi connectivity index (χ4n) is 5.08. The molecule has 0 amide bonds. The molecule has 0 unspecified atom stereocenters. The maximum absolute atomic E-state index is 14.8. The van der Waals surface area contributed by atoms with Crippen molar-refractivity contribution < 1.29 is 14.0 Å². The molecule has 1 saturated carbocycles. The van der Waals surface area contributed by atoms with Crippen LogP contribution in [0.2, 0.25) is 0 Å². The first kappa shape index (κ1) is 19.9. The first-order valence-electron chi connectivity index (χ1n) is 10.5. The molecule has 0 N–H and O–H groups in total. The Morgan fingerprint density at radius 1 is 0.857 bits per heavy atom. The van der Waals surface area contributed by atoms with Gasteiger partial charge in [0.1, 0.15) is 7.14 Å². The Hall–Kier alpha value is -1.41. The van der Waals surface area contributed by atoms with Gasteiger partial charge in [-0.2, -0.15) is 0 Å². The van der Waals surface area contributed by atoms with Gasteiger partial charge in [0.15, 0.2) is 5.79 Å². The quantitative estimate of drug-likeness (QED) is 0.675. The molecule has 1 aliphatic heterocycles. The lowest BCUT2D eigenvalue weighted by Crippen LogP contribution is -2.35. The minimum Gasteiger partial charge on any atom is -0.344 e. The van der Waals surface area contributed by atoms with Crippen LogP contribution in [0.1, 0.15) is 46.5 Å². The molecule has 150 valence electrons. The predicted molar refractivity (Wildman–Crippen MR) is 115 cm³/mol. The van der Waals surface area contributed by atoms with Crippen LogP contribution >= 0.6 is 7.14 Å². The SMILES string of the molecule is C[C@@H]1CC2(CCC[C@H]1P(=O)(c1ccccc1)c1ccccc1)O[C@H](C)[C@@H](C)O2. The number of ether oxygens (including phenoxy) is 2. The van der Waals surface area contributed by atoms with Gasteiger partial charge in [0.2, 0.25) is 0 Å². The summed E-state index contributed by atoms with van der Waals surface area (Å²) >= 11 is 0. The lowest BCUT2D eigenvalue weighted by atomic mass is 9.99. The minimum atomic E-state index is -2.78. The summed E-state index contributed by atoms with van der Waals surface area (Å²) in [7, 11) is -2.78. The molecule has 28 heavy (non-hydrogen) atoms. The molecule has 1 spiro atoms. The highest BCUT2D eigenvalue weighted by atomic mass is 31.2. The molecule has 1 heterocycles. The van der Waals surface area contributed by atoms with E-state index in [1.54, 1.807) is 0 Å². The summed E-state index contributed by atoms with van der Waals surface area (Å²) in [5, 5.41) is 1.92. The molecule has 2 aromatic rings. The van der Waals surface area contributed by atoms with Crippen LogP contribution in [0.5, 0.6) is 0 Å². The molecule has 4 heteroatoms. The van der Waals surface area contributed by atoms with Crippen molar-refractivity contribution in [2.24, 2.45) is 5.92 Å². The molecule has 1 saturated heterocycles.